The molecule has 4 N–H and O–H groups in total. The van der Waals surface area contributed by atoms with E-state index in [-0.39, 0.29) is 34.1 Å². The van der Waals surface area contributed by atoms with Gasteiger partial charge in [-0.1, -0.05) is 74.5 Å². The van der Waals surface area contributed by atoms with Crippen LogP contribution in [-0.2, 0) is 19.6 Å². The zero-order valence-electron chi connectivity index (χ0n) is 26.9. The van der Waals surface area contributed by atoms with Gasteiger partial charge in [0.25, 0.3) is 10.0 Å². The van der Waals surface area contributed by atoms with Gasteiger partial charge in [-0.05, 0) is 74.0 Å². The van der Waals surface area contributed by atoms with Gasteiger partial charge >= 0.3 is 0 Å². The van der Waals surface area contributed by atoms with Crippen LogP contribution < -0.4 is 20.8 Å². The lowest BCUT2D eigenvalue weighted by Crippen LogP contribution is -2.38. The summed E-state index contributed by atoms with van der Waals surface area (Å²) in [6, 6.07) is 25.3. The topological polar surface area (TPSA) is 137 Å². The van der Waals surface area contributed by atoms with E-state index in [1.807, 2.05) is 69.3 Å². The van der Waals surface area contributed by atoms with Gasteiger partial charge in [0.1, 0.15) is 0 Å². The predicted molar refractivity (Wildman–Crippen MR) is 185 cm³/mol. The Morgan fingerprint density at radius 3 is 2.15 bits per heavy atom. The van der Waals surface area contributed by atoms with E-state index in [1.165, 1.54) is 12.1 Å². The standard InChI is InChI=1S/C16H13NO.C12H13NO3S.C6H12N2O.C2H6/c1-11-7-8-13-15(9-11)17-14(10-16(13)18)12-5-3-2-4-6-12;1-2-9-8-11(9)12(14)13-17(15,16)10-6-4-3-5-7-10;1-7-6(9)5-3-2-4-8-5;1-2/h2-10H,1H3,(H,17,18);2-7,9,11H,1,8H2,(H,13,14);5,8H,2-4H2,1H3,(H,7,9);1-2H3. The molecule has 3 atom stereocenters. The van der Waals surface area contributed by atoms with E-state index in [4.69, 9.17) is 0 Å². The average Bonchev–Trinajstić information content (AvgIpc) is 3.68. The summed E-state index contributed by atoms with van der Waals surface area (Å²) < 4.78 is 25.7. The molecule has 9 nitrogen and oxygen atoms in total. The smallest absolute Gasteiger partial charge is 0.264 e. The number of H-pyrrole nitrogens is 1. The Balaban J connectivity index is 0.000000192. The molecule has 10 heteroatoms. The highest BCUT2D eigenvalue weighted by atomic mass is 32.2. The molecule has 1 aliphatic carbocycles. The van der Waals surface area contributed by atoms with Crippen LogP contribution in [0.3, 0.4) is 0 Å². The molecule has 6 rings (SSSR count). The number of allylic oxidation sites excluding steroid dienone is 1. The second-order valence-electron chi connectivity index (χ2n) is 10.8. The molecule has 1 saturated heterocycles. The molecule has 1 saturated carbocycles. The van der Waals surface area contributed by atoms with E-state index < -0.39 is 15.9 Å². The fraction of sp³-hybridized carbons (Fsp3) is 0.306. The molecular weight excluding hydrogens is 600 g/mol. The molecule has 0 spiro atoms. The molecule has 3 aromatic carbocycles. The molecule has 2 aliphatic rings. The molecule has 2 fully saturated rings. The van der Waals surface area contributed by atoms with Crippen molar-refractivity contribution in [2.24, 2.45) is 11.8 Å². The molecule has 3 unspecified atom stereocenters. The molecule has 1 aliphatic heterocycles. The third-order valence-electron chi connectivity index (χ3n) is 7.46. The number of carbonyl (C=O) groups is 2. The SMILES string of the molecule is C=CC1CC1C(=O)NS(=O)(=O)c1ccccc1.CC.CNC(=O)C1CCCN1.Cc1ccc2c(=O)cc(-c3ccccc3)[nH]c2c1. The van der Waals surface area contributed by atoms with Crippen molar-refractivity contribution in [1.82, 2.24) is 20.3 Å². The summed E-state index contributed by atoms with van der Waals surface area (Å²) >= 11 is 0. The first kappa shape index (κ1) is 35.9. The Labute approximate surface area is 271 Å². The molecule has 4 aromatic rings. The zero-order chi connectivity index (χ0) is 33.7. The maximum atomic E-state index is 12.1. The van der Waals surface area contributed by atoms with Crippen LogP contribution in [0.2, 0.25) is 0 Å². The molecule has 0 radical (unpaired) electrons. The molecule has 1 aromatic heterocycles. The Morgan fingerprint density at radius 1 is 0.935 bits per heavy atom. The highest BCUT2D eigenvalue weighted by Crippen LogP contribution is 2.39. The molecular formula is C36H44N4O5S. The number of rotatable bonds is 6. The summed E-state index contributed by atoms with van der Waals surface area (Å²) in [4.78, 5) is 38.0. The Hall–Kier alpha value is -4.54. The van der Waals surface area contributed by atoms with Crippen LogP contribution in [0, 0.1) is 18.8 Å². The van der Waals surface area contributed by atoms with Crippen LogP contribution in [0.25, 0.3) is 22.2 Å². The summed E-state index contributed by atoms with van der Waals surface area (Å²) in [7, 11) is -2.06. The molecule has 2 amide bonds. The van der Waals surface area contributed by atoms with E-state index in [9.17, 15) is 22.8 Å². The fourth-order valence-electron chi connectivity index (χ4n) is 4.87. The third-order valence-corrected chi connectivity index (χ3v) is 8.82. The van der Waals surface area contributed by atoms with Gasteiger partial charge in [0.15, 0.2) is 5.43 Å². The molecule has 0 bridgehead atoms. The number of aryl methyl sites for hydroxylation is 1. The number of sulfonamides is 1. The average molecular weight is 645 g/mol. The summed E-state index contributed by atoms with van der Waals surface area (Å²) in [6.07, 6.45) is 4.47. The number of likely N-dealkylation sites (N-methyl/N-ethyl adjacent to an activating group) is 1. The summed E-state index contributed by atoms with van der Waals surface area (Å²) in [6.45, 7) is 10.6. The van der Waals surface area contributed by atoms with Gasteiger partial charge in [0, 0.05) is 35.6 Å². The second-order valence-corrected chi connectivity index (χ2v) is 12.4. The van der Waals surface area contributed by atoms with Gasteiger partial charge in [0.05, 0.1) is 10.9 Å². The Bertz CT molecular complexity index is 1770. The van der Waals surface area contributed by atoms with Crippen molar-refractivity contribution in [3.05, 3.63) is 113 Å². The van der Waals surface area contributed by atoms with Gasteiger partial charge < -0.3 is 15.6 Å². The van der Waals surface area contributed by atoms with Crippen molar-refractivity contribution in [2.45, 2.75) is 51.0 Å². The molecule has 244 valence electrons. The van der Waals surface area contributed by atoms with E-state index >= 15 is 0 Å². The van der Waals surface area contributed by atoms with E-state index in [2.05, 4.69) is 26.9 Å². The number of benzene rings is 3. The van der Waals surface area contributed by atoms with Gasteiger partial charge in [-0.25, -0.2) is 13.1 Å². The lowest BCUT2D eigenvalue weighted by Gasteiger charge is -2.05. The Kier molecular flexibility index (Phi) is 13.5. The first-order valence-corrected chi connectivity index (χ1v) is 17.0. The van der Waals surface area contributed by atoms with Crippen LogP contribution >= 0.6 is 0 Å². The quantitative estimate of drug-likeness (QED) is 0.210. The minimum atomic E-state index is -3.73. The van der Waals surface area contributed by atoms with Gasteiger partial charge in [-0.15, -0.1) is 6.58 Å². The number of carbonyl (C=O) groups excluding carboxylic acids is 2. The number of pyridine rings is 1. The van der Waals surface area contributed by atoms with Gasteiger partial charge in [-0.2, -0.15) is 0 Å². The van der Waals surface area contributed by atoms with Crippen molar-refractivity contribution in [3.63, 3.8) is 0 Å². The zero-order valence-corrected chi connectivity index (χ0v) is 27.7. The maximum absolute atomic E-state index is 12.1. The lowest BCUT2D eigenvalue weighted by atomic mass is 10.1. The van der Waals surface area contributed by atoms with Gasteiger partial charge in [0.2, 0.25) is 11.8 Å². The van der Waals surface area contributed by atoms with Crippen LogP contribution in [0.4, 0.5) is 0 Å². The normalized spacial score (nSPS) is 17.9. The Morgan fingerprint density at radius 2 is 1.59 bits per heavy atom. The van der Waals surface area contributed by atoms with Crippen molar-refractivity contribution >= 4 is 32.7 Å². The lowest BCUT2D eigenvalue weighted by molar-refractivity contribution is -0.122. The fourth-order valence-corrected chi connectivity index (χ4v) is 5.91. The van der Waals surface area contributed by atoms with E-state index in [1.54, 1.807) is 37.4 Å². The molecule has 46 heavy (non-hydrogen) atoms. The van der Waals surface area contributed by atoms with Crippen LogP contribution in [-0.4, -0.2) is 44.9 Å². The maximum Gasteiger partial charge on any atom is 0.264 e. The number of fused-ring (bicyclic) bond motifs is 1. The monoisotopic (exact) mass is 644 g/mol. The minimum absolute atomic E-state index is 0.0580. The number of hydrogen-bond acceptors (Lipinski definition) is 6. The van der Waals surface area contributed by atoms with Crippen molar-refractivity contribution in [2.75, 3.05) is 13.6 Å². The molecule has 2 heterocycles. The van der Waals surface area contributed by atoms with E-state index in [0.717, 1.165) is 47.1 Å². The largest absolute Gasteiger partial charge is 0.358 e. The number of aromatic nitrogens is 1. The highest BCUT2D eigenvalue weighted by molar-refractivity contribution is 7.90. The predicted octanol–water partition coefficient (Wildman–Crippen LogP) is 5.33. The second kappa shape index (κ2) is 17.2. The van der Waals surface area contributed by atoms with Crippen molar-refractivity contribution in [1.29, 1.82) is 0 Å². The highest BCUT2D eigenvalue weighted by Gasteiger charge is 2.42. The number of hydrogen-bond donors (Lipinski definition) is 4. The number of nitrogens with one attached hydrogen (secondary N) is 4. The van der Waals surface area contributed by atoms with Crippen molar-refractivity contribution < 1.29 is 18.0 Å². The van der Waals surface area contributed by atoms with Crippen molar-refractivity contribution in [3.8, 4) is 11.3 Å². The van der Waals surface area contributed by atoms with Crippen LogP contribution in [0.5, 0.6) is 0 Å². The number of aromatic amines is 1. The first-order valence-electron chi connectivity index (χ1n) is 15.5. The number of amides is 2. The van der Waals surface area contributed by atoms with E-state index in [0.29, 0.717) is 6.42 Å². The summed E-state index contributed by atoms with van der Waals surface area (Å²) in [5.41, 5.74) is 3.98. The summed E-state index contributed by atoms with van der Waals surface area (Å²) in [5.74, 6) is -0.460. The van der Waals surface area contributed by atoms with Crippen LogP contribution in [0.1, 0.15) is 38.7 Å². The minimum Gasteiger partial charge on any atom is -0.358 e. The van der Waals surface area contributed by atoms with Gasteiger partial charge in [-0.3, -0.25) is 14.4 Å². The third kappa shape index (κ3) is 9.98. The summed E-state index contributed by atoms with van der Waals surface area (Å²) in [5, 5.41) is 6.44. The first-order chi connectivity index (χ1) is 22.1. The van der Waals surface area contributed by atoms with Crippen LogP contribution in [0.15, 0.2) is 107 Å².